The molecule has 4 aromatic rings. The summed E-state index contributed by atoms with van der Waals surface area (Å²) in [7, 11) is 0. The van der Waals surface area contributed by atoms with Gasteiger partial charge in [0.2, 0.25) is 11.0 Å². The Morgan fingerprint density at radius 1 is 0.838 bits per heavy atom. The van der Waals surface area contributed by atoms with Crippen LogP contribution in [0.2, 0.25) is 0 Å². The number of piperazine rings is 1. The molecule has 1 aromatic heterocycles. The van der Waals surface area contributed by atoms with Crippen molar-refractivity contribution in [3.05, 3.63) is 113 Å². The van der Waals surface area contributed by atoms with Crippen molar-refractivity contribution in [1.29, 1.82) is 0 Å². The van der Waals surface area contributed by atoms with Gasteiger partial charge in [0.15, 0.2) is 0 Å². The first-order valence-electron chi connectivity index (χ1n) is 12.5. The number of anilines is 1. The third-order valence-corrected chi connectivity index (χ3v) is 7.33. The SMILES string of the molecule is O=C(CN(Cc1ccccc1)c1nc(Cc2ccc(F)cc2)ns1)N1CCN(Cc2ccccc2)CC1. The predicted octanol–water partition coefficient (Wildman–Crippen LogP) is 4.62. The number of nitrogens with zero attached hydrogens (tertiary/aromatic N) is 5. The molecule has 1 aliphatic rings. The minimum Gasteiger partial charge on any atom is -0.339 e. The molecule has 0 aliphatic carbocycles. The Hall–Kier alpha value is -3.62. The molecule has 3 aromatic carbocycles. The van der Waals surface area contributed by atoms with E-state index in [0.717, 1.165) is 49.0 Å². The number of carbonyl (C=O) groups excluding carboxylic acids is 1. The summed E-state index contributed by atoms with van der Waals surface area (Å²) < 4.78 is 17.8. The van der Waals surface area contributed by atoms with Gasteiger partial charge in [-0.15, -0.1) is 0 Å². The summed E-state index contributed by atoms with van der Waals surface area (Å²) in [6, 6.07) is 26.9. The van der Waals surface area contributed by atoms with Crippen LogP contribution in [0.15, 0.2) is 84.9 Å². The molecule has 5 rings (SSSR count). The summed E-state index contributed by atoms with van der Waals surface area (Å²) in [5.74, 6) is 0.515. The van der Waals surface area contributed by atoms with Crippen molar-refractivity contribution in [3.8, 4) is 0 Å². The molecule has 1 amide bonds. The molecular formula is C29H30FN5OS. The van der Waals surface area contributed by atoms with Crippen LogP contribution in [0.4, 0.5) is 9.52 Å². The van der Waals surface area contributed by atoms with Crippen LogP contribution in [0.1, 0.15) is 22.5 Å². The van der Waals surface area contributed by atoms with Gasteiger partial charge in [-0.1, -0.05) is 72.8 Å². The maximum Gasteiger partial charge on any atom is 0.242 e. The Morgan fingerprint density at radius 3 is 2.16 bits per heavy atom. The number of benzene rings is 3. The molecule has 0 spiro atoms. The second kappa shape index (κ2) is 12.1. The smallest absolute Gasteiger partial charge is 0.242 e. The molecule has 0 radical (unpaired) electrons. The monoisotopic (exact) mass is 515 g/mol. The highest BCUT2D eigenvalue weighted by Crippen LogP contribution is 2.22. The molecule has 190 valence electrons. The molecule has 0 saturated carbocycles. The largest absolute Gasteiger partial charge is 0.339 e. The number of carbonyl (C=O) groups is 1. The fourth-order valence-corrected chi connectivity index (χ4v) is 5.17. The van der Waals surface area contributed by atoms with Crippen molar-refractivity contribution in [2.24, 2.45) is 0 Å². The van der Waals surface area contributed by atoms with Crippen LogP contribution in [0.5, 0.6) is 0 Å². The van der Waals surface area contributed by atoms with Crippen molar-refractivity contribution >= 4 is 22.6 Å². The van der Waals surface area contributed by atoms with Gasteiger partial charge in [0.25, 0.3) is 0 Å². The molecule has 8 heteroatoms. The minimum absolute atomic E-state index is 0.102. The average Bonchev–Trinajstić information content (AvgIpc) is 3.40. The summed E-state index contributed by atoms with van der Waals surface area (Å²) in [6.45, 7) is 4.89. The number of rotatable bonds is 9. The van der Waals surface area contributed by atoms with Crippen molar-refractivity contribution in [1.82, 2.24) is 19.2 Å². The van der Waals surface area contributed by atoms with Crippen LogP contribution >= 0.6 is 11.5 Å². The Bertz CT molecular complexity index is 1270. The summed E-state index contributed by atoms with van der Waals surface area (Å²) in [4.78, 5) is 24.5. The van der Waals surface area contributed by atoms with Crippen LogP contribution in [0, 0.1) is 5.82 Å². The molecule has 1 aliphatic heterocycles. The molecular weight excluding hydrogens is 485 g/mol. The quantitative estimate of drug-likeness (QED) is 0.326. The lowest BCUT2D eigenvalue weighted by atomic mass is 10.1. The lowest BCUT2D eigenvalue weighted by molar-refractivity contribution is -0.131. The zero-order chi connectivity index (χ0) is 25.5. The Kier molecular flexibility index (Phi) is 8.18. The molecule has 1 fully saturated rings. The number of aromatic nitrogens is 2. The molecule has 1 saturated heterocycles. The summed E-state index contributed by atoms with van der Waals surface area (Å²) in [6.07, 6.45) is 0.521. The number of amides is 1. The average molecular weight is 516 g/mol. The fourth-order valence-electron chi connectivity index (χ4n) is 4.49. The molecule has 6 nitrogen and oxygen atoms in total. The molecule has 37 heavy (non-hydrogen) atoms. The second-order valence-electron chi connectivity index (χ2n) is 9.28. The maximum absolute atomic E-state index is 13.4. The Balaban J connectivity index is 1.23. The van der Waals surface area contributed by atoms with Crippen LogP contribution in [0.25, 0.3) is 0 Å². The van der Waals surface area contributed by atoms with Crippen LogP contribution in [0.3, 0.4) is 0 Å². The van der Waals surface area contributed by atoms with Crippen LogP contribution < -0.4 is 4.90 Å². The van der Waals surface area contributed by atoms with E-state index >= 15 is 0 Å². The highest BCUT2D eigenvalue weighted by molar-refractivity contribution is 7.09. The standard InChI is InChI=1S/C29H30FN5OS/c30-26-13-11-23(12-14-26)19-27-31-29(37-32-27)35(21-25-9-5-2-6-10-25)22-28(36)34-17-15-33(16-18-34)20-24-7-3-1-4-8-24/h1-14H,15-22H2. The van der Waals surface area contributed by atoms with Gasteiger partial charge >= 0.3 is 0 Å². The fraction of sp³-hybridized carbons (Fsp3) is 0.276. The molecule has 0 unspecified atom stereocenters. The van der Waals surface area contributed by atoms with E-state index in [-0.39, 0.29) is 18.3 Å². The zero-order valence-electron chi connectivity index (χ0n) is 20.7. The van der Waals surface area contributed by atoms with Crippen molar-refractivity contribution in [2.75, 3.05) is 37.6 Å². The van der Waals surface area contributed by atoms with E-state index in [2.05, 4.69) is 45.7 Å². The van der Waals surface area contributed by atoms with Gasteiger partial charge in [-0.25, -0.2) is 9.37 Å². The number of hydrogen-bond donors (Lipinski definition) is 0. The summed E-state index contributed by atoms with van der Waals surface area (Å²) in [5, 5.41) is 0.719. The van der Waals surface area contributed by atoms with E-state index < -0.39 is 0 Å². The normalized spacial score (nSPS) is 14.0. The first kappa shape index (κ1) is 25.0. The van der Waals surface area contributed by atoms with E-state index in [0.29, 0.717) is 18.8 Å². The van der Waals surface area contributed by atoms with Gasteiger partial charge in [0, 0.05) is 57.2 Å². The number of halogens is 1. The maximum atomic E-state index is 13.4. The number of hydrogen-bond acceptors (Lipinski definition) is 6. The van der Waals surface area contributed by atoms with E-state index in [1.807, 2.05) is 34.1 Å². The predicted molar refractivity (Wildman–Crippen MR) is 145 cm³/mol. The lowest BCUT2D eigenvalue weighted by Gasteiger charge is -2.35. The van der Waals surface area contributed by atoms with Crippen molar-refractivity contribution in [2.45, 2.75) is 19.5 Å². The van der Waals surface area contributed by atoms with Crippen LogP contribution in [-0.2, 0) is 24.3 Å². The second-order valence-corrected chi connectivity index (χ2v) is 10.0. The van der Waals surface area contributed by atoms with Gasteiger partial charge in [0.05, 0.1) is 6.54 Å². The third-order valence-electron chi connectivity index (χ3n) is 6.52. The van der Waals surface area contributed by atoms with E-state index in [1.165, 1.54) is 29.2 Å². The molecule has 0 atom stereocenters. The summed E-state index contributed by atoms with van der Waals surface area (Å²) >= 11 is 1.30. The topological polar surface area (TPSA) is 52.6 Å². The Labute approximate surface area is 221 Å². The molecule has 0 N–H and O–H groups in total. The van der Waals surface area contributed by atoms with E-state index in [4.69, 9.17) is 4.98 Å². The molecule has 2 heterocycles. The highest BCUT2D eigenvalue weighted by atomic mass is 32.1. The lowest BCUT2D eigenvalue weighted by Crippen LogP contribution is -2.50. The van der Waals surface area contributed by atoms with E-state index in [9.17, 15) is 9.18 Å². The summed E-state index contributed by atoms with van der Waals surface area (Å²) in [5.41, 5.74) is 3.35. The van der Waals surface area contributed by atoms with Gasteiger partial charge in [-0.2, -0.15) is 4.37 Å². The third kappa shape index (κ3) is 6.99. The first-order valence-corrected chi connectivity index (χ1v) is 13.3. The minimum atomic E-state index is -0.260. The van der Waals surface area contributed by atoms with Gasteiger partial charge in [0.1, 0.15) is 11.6 Å². The molecule has 0 bridgehead atoms. The van der Waals surface area contributed by atoms with Crippen LogP contribution in [-0.4, -0.2) is 57.8 Å². The first-order chi connectivity index (χ1) is 18.1. The van der Waals surface area contributed by atoms with Crippen molar-refractivity contribution in [3.63, 3.8) is 0 Å². The zero-order valence-corrected chi connectivity index (χ0v) is 21.5. The Morgan fingerprint density at radius 2 is 1.49 bits per heavy atom. The van der Waals surface area contributed by atoms with Crippen molar-refractivity contribution < 1.29 is 9.18 Å². The van der Waals surface area contributed by atoms with Gasteiger partial charge < -0.3 is 9.80 Å². The van der Waals surface area contributed by atoms with Gasteiger partial charge in [-0.3, -0.25) is 9.69 Å². The highest BCUT2D eigenvalue weighted by Gasteiger charge is 2.24. The van der Waals surface area contributed by atoms with Gasteiger partial charge in [-0.05, 0) is 28.8 Å². The van der Waals surface area contributed by atoms with E-state index in [1.54, 1.807) is 12.1 Å².